The van der Waals surface area contributed by atoms with E-state index in [1.807, 2.05) is 44.4 Å². The Bertz CT molecular complexity index is 1250. The van der Waals surface area contributed by atoms with E-state index in [2.05, 4.69) is 27.3 Å². The molecule has 140 valence electrons. The second-order valence-electron chi connectivity index (χ2n) is 7.52. The quantitative estimate of drug-likeness (QED) is 0.393. The number of rotatable bonds is 2. The van der Waals surface area contributed by atoms with Gasteiger partial charge in [-0.1, -0.05) is 12.1 Å². The molecule has 0 unspecified atom stereocenters. The van der Waals surface area contributed by atoms with E-state index in [1.165, 1.54) is 18.4 Å². The first kappa shape index (κ1) is 16.9. The molecular formula is C22H21N5O. The summed E-state index contributed by atoms with van der Waals surface area (Å²) in [7, 11) is 1.90. The Morgan fingerprint density at radius 1 is 1.11 bits per heavy atom. The Hall–Kier alpha value is -3.28. The lowest BCUT2D eigenvalue weighted by atomic mass is 9.93. The van der Waals surface area contributed by atoms with Crippen LogP contribution in [0.15, 0.2) is 42.6 Å². The van der Waals surface area contributed by atoms with E-state index in [4.69, 9.17) is 0 Å². The molecule has 1 aliphatic carbocycles. The van der Waals surface area contributed by atoms with Crippen LogP contribution in [0.5, 0.6) is 0 Å². The Labute approximate surface area is 162 Å². The fourth-order valence-corrected chi connectivity index (χ4v) is 4.03. The third-order valence-corrected chi connectivity index (χ3v) is 5.43. The lowest BCUT2D eigenvalue weighted by molar-refractivity contribution is -0.642. The van der Waals surface area contributed by atoms with Gasteiger partial charge in [0.25, 0.3) is 5.52 Å². The van der Waals surface area contributed by atoms with E-state index in [9.17, 15) is 5.21 Å². The van der Waals surface area contributed by atoms with E-state index in [0.717, 1.165) is 40.4 Å². The maximum Gasteiger partial charge on any atom is 0.271 e. The van der Waals surface area contributed by atoms with Crippen molar-refractivity contribution in [1.82, 2.24) is 19.9 Å². The molecule has 6 nitrogen and oxygen atoms in total. The van der Waals surface area contributed by atoms with Crippen molar-refractivity contribution < 1.29 is 4.85 Å². The van der Waals surface area contributed by atoms with E-state index >= 15 is 0 Å². The smallest absolute Gasteiger partial charge is 0.271 e. The third kappa shape index (κ3) is 2.81. The molecule has 0 saturated heterocycles. The Balaban J connectivity index is 1.62. The summed E-state index contributed by atoms with van der Waals surface area (Å²) in [6.45, 7) is 2.01. The summed E-state index contributed by atoms with van der Waals surface area (Å²) >= 11 is 0. The highest BCUT2D eigenvalue weighted by molar-refractivity contribution is 5.86. The molecule has 6 heteroatoms. The molecule has 0 N–H and O–H groups in total. The molecule has 0 spiro atoms. The van der Waals surface area contributed by atoms with Crippen molar-refractivity contribution >= 4 is 27.5 Å². The van der Waals surface area contributed by atoms with Crippen LogP contribution in [0.4, 0.5) is 0 Å². The summed E-state index contributed by atoms with van der Waals surface area (Å²) in [5, 5.41) is 22.4. The van der Waals surface area contributed by atoms with Gasteiger partial charge in [0, 0.05) is 35.4 Å². The molecule has 2 aromatic heterocycles. The highest BCUT2D eigenvalue weighted by atomic mass is 16.5. The summed E-state index contributed by atoms with van der Waals surface area (Å²) < 4.78 is 1.79. The SMILES string of the molecule is Cc1cc(-c2nc3ccc(C4=CCCCC4)cc3[n+]([O-])n2)cc2cn(C)nc12. The van der Waals surface area contributed by atoms with E-state index in [0.29, 0.717) is 21.7 Å². The summed E-state index contributed by atoms with van der Waals surface area (Å²) in [6, 6.07) is 9.87. The van der Waals surface area contributed by atoms with Gasteiger partial charge in [-0.2, -0.15) is 5.10 Å². The highest BCUT2D eigenvalue weighted by Crippen LogP contribution is 2.29. The summed E-state index contributed by atoms with van der Waals surface area (Å²) in [4.78, 5) is 5.37. The van der Waals surface area contributed by atoms with E-state index in [-0.39, 0.29) is 0 Å². The Morgan fingerprint density at radius 3 is 2.82 bits per heavy atom. The molecule has 1 aliphatic rings. The molecule has 28 heavy (non-hydrogen) atoms. The average Bonchev–Trinajstić information content (AvgIpc) is 3.09. The monoisotopic (exact) mass is 371 g/mol. The highest BCUT2D eigenvalue weighted by Gasteiger charge is 2.16. The zero-order valence-electron chi connectivity index (χ0n) is 16.0. The number of hydrogen-bond acceptors (Lipinski definition) is 4. The van der Waals surface area contributed by atoms with Crippen LogP contribution in [0, 0.1) is 12.1 Å². The van der Waals surface area contributed by atoms with Crippen LogP contribution < -0.4 is 4.85 Å². The maximum absolute atomic E-state index is 12.7. The molecule has 0 fully saturated rings. The van der Waals surface area contributed by atoms with Crippen molar-refractivity contribution in [3.63, 3.8) is 0 Å². The first-order valence-electron chi connectivity index (χ1n) is 9.64. The van der Waals surface area contributed by atoms with Gasteiger partial charge in [-0.25, -0.2) is 4.98 Å². The fraction of sp³-hybridized carbons (Fsp3) is 0.273. The van der Waals surface area contributed by atoms with Gasteiger partial charge in [-0.15, -0.1) is 0 Å². The van der Waals surface area contributed by atoms with Crippen molar-refractivity contribution in [1.29, 1.82) is 0 Å². The van der Waals surface area contributed by atoms with Crippen LogP contribution in [0.2, 0.25) is 0 Å². The number of aromatic nitrogens is 5. The summed E-state index contributed by atoms with van der Waals surface area (Å²) in [6.07, 6.45) is 8.85. The van der Waals surface area contributed by atoms with Gasteiger partial charge >= 0.3 is 0 Å². The van der Waals surface area contributed by atoms with Crippen molar-refractivity contribution in [3.05, 3.63) is 58.9 Å². The normalized spacial score (nSPS) is 14.6. The largest absolute Gasteiger partial charge is 0.594 e. The van der Waals surface area contributed by atoms with Crippen LogP contribution in [0.3, 0.4) is 0 Å². The average molecular weight is 371 g/mol. The molecule has 0 bridgehead atoms. The summed E-state index contributed by atoms with van der Waals surface area (Å²) in [5.74, 6) is 0.431. The second kappa shape index (κ2) is 6.41. The summed E-state index contributed by atoms with van der Waals surface area (Å²) in [5.41, 5.74) is 6.39. The topological polar surface area (TPSA) is 70.5 Å². The standard InChI is InChI=1S/C22H21N5O/c1-14-10-17(11-18-13-26(2)24-21(14)18)22-23-19-9-8-16(12-20(19)27(28)25-22)15-6-4-3-5-7-15/h6,8-13H,3-5,7H2,1-2H3. The number of aryl methyl sites for hydroxylation is 2. The van der Waals surface area contributed by atoms with Gasteiger partial charge in [0.1, 0.15) is 5.52 Å². The predicted octanol–water partition coefficient (Wildman–Crippen LogP) is 4.08. The number of benzene rings is 2. The van der Waals surface area contributed by atoms with Crippen molar-refractivity contribution in [2.45, 2.75) is 32.6 Å². The van der Waals surface area contributed by atoms with Gasteiger partial charge in [0.15, 0.2) is 0 Å². The molecular weight excluding hydrogens is 350 g/mol. The molecule has 4 aromatic rings. The zero-order chi connectivity index (χ0) is 19.3. The van der Waals surface area contributed by atoms with Gasteiger partial charge < -0.3 is 5.21 Å². The Kier molecular flexibility index (Phi) is 3.86. The third-order valence-electron chi connectivity index (χ3n) is 5.43. The minimum Gasteiger partial charge on any atom is -0.594 e. The molecule has 5 rings (SSSR count). The fourth-order valence-electron chi connectivity index (χ4n) is 4.03. The van der Waals surface area contributed by atoms with E-state index in [1.54, 1.807) is 4.68 Å². The van der Waals surface area contributed by atoms with Crippen LogP contribution in [0.1, 0.15) is 36.8 Å². The van der Waals surface area contributed by atoms with E-state index < -0.39 is 0 Å². The second-order valence-corrected chi connectivity index (χ2v) is 7.52. The van der Waals surface area contributed by atoms with Gasteiger partial charge in [0.05, 0.1) is 5.52 Å². The molecule has 0 saturated carbocycles. The zero-order valence-corrected chi connectivity index (χ0v) is 16.0. The minimum absolute atomic E-state index is 0.431. The number of allylic oxidation sites excluding steroid dienone is 2. The number of fused-ring (bicyclic) bond motifs is 2. The first-order chi connectivity index (χ1) is 13.6. The molecule has 2 aromatic carbocycles. The predicted molar refractivity (Wildman–Crippen MR) is 109 cm³/mol. The lowest BCUT2D eigenvalue weighted by Gasteiger charge is -2.13. The van der Waals surface area contributed by atoms with Gasteiger partial charge in [0.2, 0.25) is 5.82 Å². The number of hydrogen-bond donors (Lipinski definition) is 0. The minimum atomic E-state index is 0.431. The van der Waals surface area contributed by atoms with Crippen molar-refractivity contribution in [2.75, 3.05) is 0 Å². The van der Waals surface area contributed by atoms with Crippen LogP contribution in [-0.2, 0) is 7.05 Å². The molecule has 2 heterocycles. The first-order valence-corrected chi connectivity index (χ1v) is 9.64. The van der Waals surface area contributed by atoms with Crippen molar-refractivity contribution in [2.24, 2.45) is 7.05 Å². The molecule has 0 atom stereocenters. The molecule has 0 aliphatic heterocycles. The molecule has 0 radical (unpaired) electrons. The van der Waals surface area contributed by atoms with Crippen LogP contribution >= 0.6 is 0 Å². The van der Waals surface area contributed by atoms with Crippen LogP contribution in [0.25, 0.3) is 38.9 Å². The van der Waals surface area contributed by atoms with Gasteiger partial charge in [-0.05, 0) is 72.4 Å². The van der Waals surface area contributed by atoms with Crippen molar-refractivity contribution in [3.8, 4) is 11.4 Å². The van der Waals surface area contributed by atoms with Crippen LogP contribution in [-0.4, -0.2) is 19.9 Å². The number of nitrogens with zero attached hydrogens (tertiary/aromatic N) is 5. The van der Waals surface area contributed by atoms with Gasteiger partial charge in [-0.3, -0.25) is 4.68 Å². The molecule has 0 amide bonds. The Morgan fingerprint density at radius 2 is 2.00 bits per heavy atom. The maximum atomic E-state index is 12.7. The lowest BCUT2D eigenvalue weighted by Crippen LogP contribution is -2.33.